The first-order chi connectivity index (χ1) is 6.77. The maximum atomic E-state index is 5.17. The fraction of sp³-hybridized carbons (Fsp3) is 0.500. The van der Waals surface area contributed by atoms with Crippen LogP contribution in [0.15, 0.2) is 18.3 Å². The Balaban J connectivity index is 2.65. The molecule has 1 heterocycles. The van der Waals surface area contributed by atoms with Gasteiger partial charge in [-0.2, -0.15) is 0 Å². The zero-order valence-corrected chi connectivity index (χ0v) is 10.1. The first kappa shape index (κ1) is 11.5. The van der Waals surface area contributed by atoms with E-state index in [0.29, 0.717) is 5.88 Å². The van der Waals surface area contributed by atoms with Gasteiger partial charge in [0.15, 0.2) is 0 Å². The Labute approximate surface area is 93.2 Å². The minimum Gasteiger partial charge on any atom is -0.481 e. The Bertz CT molecular complexity index is 281. The Morgan fingerprint density at radius 1 is 1.57 bits per heavy atom. The smallest absolute Gasteiger partial charge is 0.217 e. The van der Waals surface area contributed by atoms with Gasteiger partial charge in [0.1, 0.15) is 0 Å². The van der Waals surface area contributed by atoms with Gasteiger partial charge in [0.25, 0.3) is 0 Å². The van der Waals surface area contributed by atoms with Crippen molar-refractivity contribution in [2.24, 2.45) is 0 Å². The van der Waals surface area contributed by atoms with Crippen LogP contribution < -0.4 is 4.74 Å². The van der Waals surface area contributed by atoms with Crippen molar-refractivity contribution in [1.82, 2.24) is 9.88 Å². The molecule has 0 N–H and O–H groups in total. The monoisotopic (exact) mass is 258 g/mol. The van der Waals surface area contributed by atoms with Crippen molar-refractivity contribution in [3.63, 3.8) is 0 Å². The first-order valence-corrected chi connectivity index (χ1v) is 5.62. The molecule has 1 aromatic heterocycles. The van der Waals surface area contributed by atoms with Crippen LogP contribution in [0, 0.1) is 0 Å². The molecule has 3 nitrogen and oxygen atoms in total. The maximum absolute atomic E-state index is 5.17. The average Bonchev–Trinajstić information content (AvgIpc) is 2.19. The summed E-state index contributed by atoms with van der Waals surface area (Å²) in [6.45, 7) is 1.88. The SMILES string of the molecule is COc1ncccc1CN(C)CCBr. The molecule has 0 spiro atoms. The number of ether oxygens (including phenoxy) is 1. The normalized spacial score (nSPS) is 10.6. The second-order valence-corrected chi connectivity index (χ2v) is 3.89. The molecule has 4 heteroatoms. The summed E-state index contributed by atoms with van der Waals surface area (Å²) in [6, 6.07) is 3.97. The van der Waals surface area contributed by atoms with Crippen LogP contribution in [0.5, 0.6) is 5.88 Å². The average molecular weight is 259 g/mol. The number of rotatable bonds is 5. The number of methoxy groups -OCH3 is 1. The summed E-state index contributed by atoms with van der Waals surface area (Å²) >= 11 is 3.41. The van der Waals surface area contributed by atoms with E-state index in [9.17, 15) is 0 Å². The summed E-state index contributed by atoms with van der Waals surface area (Å²) in [4.78, 5) is 6.37. The molecule has 1 aromatic rings. The molecule has 78 valence electrons. The fourth-order valence-corrected chi connectivity index (χ4v) is 1.85. The molecule has 0 aliphatic carbocycles. The summed E-state index contributed by atoms with van der Waals surface area (Å²) < 4.78 is 5.17. The van der Waals surface area contributed by atoms with Gasteiger partial charge in [-0.05, 0) is 13.1 Å². The van der Waals surface area contributed by atoms with Crippen LogP contribution >= 0.6 is 15.9 Å². The Morgan fingerprint density at radius 2 is 2.36 bits per heavy atom. The van der Waals surface area contributed by atoms with Crippen molar-refractivity contribution in [3.8, 4) is 5.88 Å². The van der Waals surface area contributed by atoms with Gasteiger partial charge in [-0.1, -0.05) is 22.0 Å². The van der Waals surface area contributed by atoms with E-state index in [0.717, 1.165) is 24.0 Å². The van der Waals surface area contributed by atoms with E-state index in [-0.39, 0.29) is 0 Å². The standard InChI is InChI=1S/C10H15BrN2O/c1-13(7-5-11)8-9-4-3-6-12-10(9)14-2/h3-4,6H,5,7-8H2,1-2H3. The zero-order valence-electron chi connectivity index (χ0n) is 8.53. The molecule has 0 amide bonds. The number of nitrogens with zero attached hydrogens (tertiary/aromatic N) is 2. The molecule has 0 bridgehead atoms. The molecule has 0 saturated carbocycles. The molecule has 0 atom stereocenters. The Morgan fingerprint density at radius 3 is 3.00 bits per heavy atom. The summed E-state index contributed by atoms with van der Waals surface area (Å²) in [6.07, 6.45) is 1.74. The highest BCUT2D eigenvalue weighted by molar-refractivity contribution is 9.09. The highest BCUT2D eigenvalue weighted by Crippen LogP contribution is 2.15. The van der Waals surface area contributed by atoms with E-state index in [1.165, 1.54) is 0 Å². The van der Waals surface area contributed by atoms with Crippen molar-refractivity contribution >= 4 is 15.9 Å². The van der Waals surface area contributed by atoms with Crippen LogP contribution in [0.25, 0.3) is 0 Å². The van der Waals surface area contributed by atoms with Crippen molar-refractivity contribution in [1.29, 1.82) is 0 Å². The molecule has 0 aromatic carbocycles. The topological polar surface area (TPSA) is 25.4 Å². The lowest BCUT2D eigenvalue weighted by atomic mass is 10.2. The van der Waals surface area contributed by atoms with Gasteiger partial charge in [-0.3, -0.25) is 0 Å². The minimum absolute atomic E-state index is 0.717. The lowest BCUT2D eigenvalue weighted by molar-refractivity contribution is 0.331. The van der Waals surface area contributed by atoms with Gasteiger partial charge in [0, 0.05) is 30.2 Å². The minimum atomic E-state index is 0.717. The maximum Gasteiger partial charge on any atom is 0.217 e. The van der Waals surface area contributed by atoms with Gasteiger partial charge in [0.2, 0.25) is 5.88 Å². The van der Waals surface area contributed by atoms with Gasteiger partial charge >= 0.3 is 0 Å². The molecule has 0 unspecified atom stereocenters. The third-order valence-electron chi connectivity index (χ3n) is 1.95. The van der Waals surface area contributed by atoms with E-state index < -0.39 is 0 Å². The van der Waals surface area contributed by atoms with Crippen molar-refractivity contribution < 1.29 is 4.74 Å². The van der Waals surface area contributed by atoms with Crippen molar-refractivity contribution in [3.05, 3.63) is 23.9 Å². The number of halogens is 1. The number of hydrogen-bond donors (Lipinski definition) is 0. The predicted molar refractivity (Wildman–Crippen MR) is 60.9 cm³/mol. The number of aromatic nitrogens is 1. The van der Waals surface area contributed by atoms with Crippen LogP contribution in [0.1, 0.15) is 5.56 Å². The quantitative estimate of drug-likeness (QED) is 0.755. The van der Waals surface area contributed by atoms with E-state index >= 15 is 0 Å². The van der Waals surface area contributed by atoms with E-state index in [4.69, 9.17) is 4.74 Å². The summed E-state index contributed by atoms with van der Waals surface area (Å²) in [5, 5.41) is 0.978. The van der Waals surface area contributed by atoms with Crippen LogP contribution in [0.3, 0.4) is 0 Å². The molecule has 0 saturated heterocycles. The van der Waals surface area contributed by atoms with E-state index in [1.54, 1.807) is 13.3 Å². The lowest BCUT2D eigenvalue weighted by Crippen LogP contribution is -2.20. The molecule has 14 heavy (non-hydrogen) atoms. The Kier molecular flexibility index (Phi) is 4.90. The molecule has 1 rings (SSSR count). The number of hydrogen-bond acceptors (Lipinski definition) is 3. The molecule has 0 radical (unpaired) electrons. The van der Waals surface area contributed by atoms with E-state index in [2.05, 4.69) is 32.9 Å². The summed E-state index contributed by atoms with van der Waals surface area (Å²) in [5.41, 5.74) is 1.12. The zero-order chi connectivity index (χ0) is 10.4. The van der Waals surface area contributed by atoms with Crippen molar-refractivity contribution in [2.45, 2.75) is 6.54 Å². The summed E-state index contributed by atoms with van der Waals surface area (Å²) in [7, 11) is 3.73. The molecular formula is C10H15BrN2O. The molecule has 0 fully saturated rings. The number of alkyl halides is 1. The Hall–Kier alpha value is -0.610. The van der Waals surface area contributed by atoms with Crippen LogP contribution in [0.2, 0.25) is 0 Å². The van der Waals surface area contributed by atoms with Crippen molar-refractivity contribution in [2.75, 3.05) is 26.0 Å². The van der Waals surface area contributed by atoms with Crippen LogP contribution in [0.4, 0.5) is 0 Å². The van der Waals surface area contributed by atoms with Crippen LogP contribution in [-0.4, -0.2) is 35.9 Å². The third kappa shape index (κ3) is 3.27. The highest BCUT2D eigenvalue weighted by Gasteiger charge is 2.05. The van der Waals surface area contributed by atoms with Gasteiger partial charge < -0.3 is 9.64 Å². The lowest BCUT2D eigenvalue weighted by Gasteiger charge is -2.16. The van der Waals surface area contributed by atoms with Gasteiger partial charge in [-0.25, -0.2) is 4.98 Å². The molecule has 0 aliphatic heterocycles. The summed E-state index contributed by atoms with van der Waals surface area (Å²) in [5.74, 6) is 0.717. The second-order valence-electron chi connectivity index (χ2n) is 3.10. The van der Waals surface area contributed by atoms with Crippen LogP contribution in [-0.2, 0) is 6.54 Å². The van der Waals surface area contributed by atoms with Gasteiger partial charge in [-0.15, -0.1) is 0 Å². The first-order valence-electron chi connectivity index (χ1n) is 4.50. The fourth-order valence-electron chi connectivity index (χ4n) is 1.24. The predicted octanol–water partition coefficient (Wildman–Crippen LogP) is 1.92. The molecule has 0 aliphatic rings. The highest BCUT2D eigenvalue weighted by atomic mass is 79.9. The van der Waals surface area contributed by atoms with Gasteiger partial charge in [0.05, 0.1) is 7.11 Å². The second kappa shape index (κ2) is 5.98. The molecular weight excluding hydrogens is 244 g/mol. The third-order valence-corrected chi connectivity index (χ3v) is 2.30. The largest absolute Gasteiger partial charge is 0.481 e. The van der Waals surface area contributed by atoms with E-state index in [1.807, 2.05) is 12.1 Å². The number of pyridine rings is 1.